The van der Waals surface area contributed by atoms with Crippen LogP contribution in [-0.4, -0.2) is 17.9 Å². The predicted molar refractivity (Wildman–Crippen MR) is 37.5 cm³/mol. The molecule has 1 rings (SSSR count). The summed E-state index contributed by atoms with van der Waals surface area (Å²) in [4.78, 5) is 11.2. The topological polar surface area (TPSA) is 26.3 Å². The molecule has 2 atom stereocenters. The van der Waals surface area contributed by atoms with Gasteiger partial charge in [0, 0.05) is 4.83 Å². The van der Waals surface area contributed by atoms with Gasteiger partial charge in [-0.25, -0.2) is 0 Å². The minimum absolute atomic E-state index is 0.107. The molecule has 1 fully saturated rings. The molecule has 0 aromatic heterocycles. The standard InChI is InChI=1S/C6H9BrO2/c1-6(3-4(6)7)5(8)9-2/h4H,3H2,1-2H3/t4-,6+/m1/s1. The van der Waals surface area contributed by atoms with Crippen LogP contribution >= 0.6 is 15.9 Å². The Bertz CT molecular complexity index is 146. The maximum Gasteiger partial charge on any atom is 0.312 e. The first-order chi connectivity index (χ1) is 4.11. The third-order valence-electron chi connectivity index (χ3n) is 1.79. The number of carbonyl (C=O) groups is 1. The number of halogens is 1. The molecule has 1 saturated carbocycles. The summed E-state index contributed by atoms with van der Waals surface area (Å²) >= 11 is 3.35. The second-order valence-electron chi connectivity index (χ2n) is 2.58. The fourth-order valence-electron chi connectivity index (χ4n) is 0.758. The Kier molecular flexibility index (Phi) is 1.55. The number of methoxy groups -OCH3 is 1. The lowest BCUT2D eigenvalue weighted by atomic mass is 10.1. The van der Waals surface area contributed by atoms with Crippen molar-refractivity contribution in [1.82, 2.24) is 0 Å². The van der Waals surface area contributed by atoms with Crippen molar-refractivity contribution in [2.24, 2.45) is 5.41 Å². The lowest BCUT2D eigenvalue weighted by molar-refractivity contribution is -0.146. The monoisotopic (exact) mass is 192 g/mol. The summed E-state index contributed by atoms with van der Waals surface area (Å²) in [6.45, 7) is 1.90. The largest absolute Gasteiger partial charge is 0.469 e. The van der Waals surface area contributed by atoms with Gasteiger partial charge in [-0.2, -0.15) is 0 Å². The molecule has 0 heterocycles. The molecule has 0 spiro atoms. The molecule has 0 aromatic carbocycles. The second-order valence-corrected chi connectivity index (χ2v) is 3.69. The van der Waals surface area contributed by atoms with Gasteiger partial charge >= 0.3 is 5.97 Å². The summed E-state index contributed by atoms with van der Waals surface area (Å²) in [7, 11) is 1.42. The summed E-state index contributed by atoms with van der Waals surface area (Å²) in [6, 6.07) is 0. The van der Waals surface area contributed by atoms with Crippen LogP contribution in [0.4, 0.5) is 0 Å². The number of rotatable bonds is 1. The van der Waals surface area contributed by atoms with Crippen LogP contribution in [0.25, 0.3) is 0 Å². The average molecular weight is 193 g/mol. The smallest absolute Gasteiger partial charge is 0.312 e. The van der Waals surface area contributed by atoms with E-state index in [-0.39, 0.29) is 11.4 Å². The fraction of sp³-hybridized carbons (Fsp3) is 0.833. The molecule has 0 amide bonds. The molecule has 0 N–H and O–H groups in total. The molecular formula is C6H9BrO2. The number of alkyl halides is 1. The van der Waals surface area contributed by atoms with Crippen LogP contribution < -0.4 is 0 Å². The Morgan fingerprint density at radius 2 is 2.33 bits per heavy atom. The molecule has 2 nitrogen and oxygen atoms in total. The first-order valence-electron chi connectivity index (χ1n) is 2.84. The zero-order valence-electron chi connectivity index (χ0n) is 5.48. The molecular weight excluding hydrogens is 184 g/mol. The van der Waals surface area contributed by atoms with Crippen molar-refractivity contribution in [3.05, 3.63) is 0 Å². The van der Waals surface area contributed by atoms with E-state index in [4.69, 9.17) is 0 Å². The SMILES string of the molecule is COC(=O)[C@@]1(C)C[C@H]1Br. The number of hydrogen-bond acceptors (Lipinski definition) is 2. The van der Waals surface area contributed by atoms with E-state index in [2.05, 4.69) is 20.7 Å². The lowest BCUT2D eigenvalue weighted by Gasteiger charge is -2.03. The number of hydrogen-bond donors (Lipinski definition) is 0. The number of carbonyl (C=O) groups excluding carboxylic acids is 1. The van der Waals surface area contributed by atoms with E-state index in [1.165, 1.54) is 7.11 Å². The molecule has 3 heteroatoms. The van der Waals surface area contributed by atoms with Crippen molar-refractivity contribution in [3.63, 3.8) is 0 Å². The molecule has 0 saturated heterocycles. The van der Waals surface area contributed by atoms with Crippen LogP contribution in [-0.2, 0) is 9.53 Å². The third kappa shape index (κ3) is 0.980. The minimum Gasteiger partial charge on any atom is -0.469 e. The van der Waals surface area contributed by atoms with Gasteiger partial charge in [-0.05, 0) is 13.3 Å². The summed E-state index contributed by atoms with van der Waals surface area (Å²) in [5, 5.41) is 0. The van der Waals surface area contributed by atoms with Crippen LogP contribution in [0.15, 0.2) is 0 Å². The lowest BCUT2D eigenvalue weighted by Crippen LogP contribution is -2.15. The van der Waals surface area contributed by atoms with Gasteiger partial charge in [0.2, 0.25) is 0 Å². The highest BCUT2D eigenvalue weighted by molar-refractivity contribution is 9.09. The zero-order chi connectivity index (χ0) is 7.07. The molecule has 0 unspecified atom stereocenters. The fourth-order valence-corrected chi connectivity index (χ4v) is 1.62. The maximum atomic E-state index is 10.9. The predicted octanol–water partition coefficient (Wildman–Crippen LogP) is 1.33. The summed E-state index contributed by atoms with van der Waals surface area (Å²) < 4.78 is 4.58. The van der Waals surface area contributed by atoms with E-state index in [1.807, 2.05) is 6.92 Å². The summed E-state index contributed by atoms with van der Waals surface area (Å²) in [5.74, 6) is -0.107. The molecule has 52 valence electrons. The highest BCUT2D eigenvalue weighted by Gasteiger charge is 2.55. The van der Waals surface area contributed by atoms with Crippen molar-refractivity contribution in [3.8, 4) is 0 Å². The van der Waals surface area contributed by atoms with Gasteiger partial charge < -0.3 is 4.74 Å². The van der Waals surface area contributed by atoms with Gasteiger partial charge in [0.15, 0.2) is 0 Å². The molecule has 0 aromatic rings. The van der Waals surface area contributed by atoms with E-state index in [9.17, 15) is 4.79 Å². The number of ether oxygens (including phenoxy) is 1. The van der Waals surface area contributed by atoms with E-state index in [0.29, 0.717) is 4.83 Å². The third-order valence-corrected chi connectivity index (χ3v) is 3.12. The summed E-state index contributed by atoms with van der Waals surface area (Å²) in [6.07, 6.45) is 0.902. The van der Waals surface area contributed by atoms with Crippen molar-refractivity contribution in [1.29, 1.82) is 0 Å². The van der Waals surface area contributed by atoms with E-state index < -0.39 is 0 Å². The Morgan fingerprint density at radius 3 is 2.44 bits per heavy atom. The Morgan fingerprint density at radius 1 is 1.89 bits per heavy atom. The molecule has 0 radical (unpaired) electrons. The summed E-state index contributed by atoms with van der Waals surface area (Å²) in [5.41, 5.74) is -0.227. The van der Waals surface area contributed by atoms with Crippen LogP contribution in [0.3, 0.4) is 0 Å². The van der Waals surface area contributed by atoms with Gasteiger partial charge in [-0.1, -0.05) is 15.9 Å². The van der Waals surface area contributed by atoms with Crippen LogP contribution in [0.5, 0.6) is 0 Å². The van der Waals surface area contributed by atoms with Crippen molar-refractivity contribution in [2.45, 2.75) is 18.2 Å². The quantitative estimate of drug-likeness (QED) is 0.463. The molecule has 0 aliphatic heterocycles. The normalized spacial score (nSPS) is 40.1. The highest BCUT2D eigenvalue weighted by atomic mass is 79.9. The van der Waals surface area contributed by atoms with Gasteiger partial charge in [0.1, 0.15) is 0 Å². The van der Waals surface area contributed by atoms with Crippen LogP contribution in [0.2, 0.25) is 0 Å². The van der Waals surface area contributed by atoms with Gasteiger partial charge in [0.05, 0.1) is 12.5 Å². The van der Waals surface area contributed by atoms with E-state index >= 15 is 0 Å². The Hall–Kier alpha value is -0.0500. The highest BCUT2D eigenvalue weighted by Crippen LogP contribution is 2.51. The first-order valence-corrected chi connectivity index (χ1v) is 3.75. The Labute approximate surface area is 62.7 Å². The zero-order valence-corrected chi connectivity index (χ0v) is 7.06. The van der Waals surface area contributed by atoms with Gasteiger partial charge in [-0.3, -0.25) is 4.79 Å². The maximum absolute atomic E-state index is 10.9. The van der Waals surface area contributed by atoms with Gasteiger partial charge in [-0.15, -0.1) is 0 Å². The average Bonchev–Trinajstić information content (AvgIpc) is 2.41. The van der Waals surface area contributed by atoms with Gasteiger partial charge in [0.25, 0.3) is 0 Å². The molecule has 0 bridgehead atoms. The molecule has 1 aliphatic carbocycles. The van der Waals surface area contributed by atoms with E-state index in [0.717, 1.165) is 6.42 Å². The minimum atomic E-state index is -0.227. The van der Waals surface area contributed by atoms with Crippen molar-refractivity contribution < 1.29 is 9.53 Å². The molecule has 9 heavy (non-hydrogen) atoms. The van der Waals surface area contributed by atoms with Crippen molar-refractivity contribution >= 4 is 21.9 Å². The van der Waals surface area contributed by atoms with Crippen LogP contribution in [0, 0.1) is 5.41 Å². The van der Waals surface area contributed by atoms with Crippen LogP contribution in [0.1, 0.15) is 13.3 Å². The van der Waals surface area contributed by atoms with E-state index in [1.54, 1.807) is 0 Å². The molecule has 1 aliphatic rings. The number of esters is 1. The van der Waals surface area contributed by atoms with Crippen molar-refractivity contribution in [2.75, 3.05) is 7.11 Å². The Balaban J connectivity index is 2.53. The second kappa shape index (κ2) is 1.97. The first kappa shape index (κ1) is 7.06.